The standard InChI is InChI=1S/C40H28N4/c1-42-23-24-43(27-42)30-12-10-11-28(25-30)40(35-16-5-2-13-31(35)32-14-3-6-17-36(32)40)29-20-21-38-34(26-29)33-15-4-7-18-37(33)44(38)39-19-8-9-22-41-39/h2-26H,1H3/q+2. The van der Waals surface area contributed by atoms with Gasteiger partial charge in [-0.1, -0.05) is 100 Å². The fourth-order valence-electron chi connectivity index (χ4n) is 7.40. The van der Waals surface area contributed by atoms with Gasteiger partial charge in [-0.05, 0) is 63.7 Å². The Morgan fingerprint density at radius 1 is 0.614 bits per heavy atom. The zero-order valence-electron chi connectivity index (χ0n) is 24.2. The van der Waals surface area contributed by atoms with Crippen molar-refractivity contribution >= 4 is 33.5 Å². The molecule has 0 bridgehead atoms. The number of fused-ring (bicyclic) bond motifs is 6. The monoisotopic (exact) mass is 564 g/mol. The van der Waals surface area contributed by atoms with Crippen LogP contribution in [0.5, 0.6) is 0 Å². The van der Waals surface area contributed by atoms with E-state index in [-0.39, 0.29) is 0 Å². The van der Waals surface area contributed by atoms with Gasteiger partial charge >= 0.3 is 6.01 Å². The van der Waals surface area contributed by atoms with Gasteiger partial charge in [-0.2, -0.15) is 0 Å². The molecule has 4 heteroatoms. The topological polar surface area (TPSA) is 23.8 Å². The first-order valence-corrected chi connectivity index (χ1v) is 15.0. The quantitative estimate of drug-likeness (QED) is 0.197. The van der Waals surface area contributed by atoms with Gasteiger partial charge in [-0.3, -0.25) is 4.57 Å². The van der Waals surface area contributed by atoms with Crippen molar-refractivity contribution in [3.05, 3.63) is 174 Å². The second-order valence-corrected chi connectivity index (χ2v) is 11.5. The van der Waals surface area contributed by atoms with Gasteiger partial charge < -0.3 is 0 Å². The van der Waals surface area contributed by atoms with E-state index in [2.05, 4.69) is 143 Å². The molecule has 1 aliphatic heterocycles. The molecule has 0 spiro atoms. The average Bonchev–Trinajstić information content (AvgIpc) is 3.76. The van der Waals surface area contributed by atoms with Crippen LogP contribution in [0.3, 0.4) is 0 Å². The molecule has 0 saturated heterocycles. The maximum absolute atomic E-state index is 4.74. The Balaban J connectivity index is 1.39. The van der Waals surface area contributed by atoms with E-state index in [1.807, 2.05) is 36.2 Å². The van der Waals surface area contributed by atoms with Crippen LogP contribution in [-0.2, 0) is 5.41 Å². The predicted octanol–water partition coefficient (Wildman–Crippen LogP) is 8.49. The lowest BCUT2D eigenvalue weighted by Crippen LogP contribution is -2.28. The van der Waals surface area contributed by atoms with E-state index in [1.54, 1.807) is 0 Å². The van der Waals surface area contributed by atoms with E-state index in [0.29, 0.717) is 0 Å². The lowest BCUT2D eigenvalue weighted by atomic mass is 9.67. The molecule has 0 saturated carbocycles. The lowest BCUT2D eigenvalue weighted by Gasteiger charge is -2.33. The van der Waals surface area contributed by atoms with Crippen LogP contribution >= 0.6 is 0 Å². The van der Waals surface area contributed by atoms with Crippen molar-refractivity contribution in [2.45, 2.75) is 5.41 Å². The number of rotatable bonds is 4. The molecule has 206 valence electrons. The average molecular weight is 565 g/mol. The second-order valence-electron chi connectivity index (χ2n) is 11.5. The Morgan fingerprint density at radius 3 is 2.07 bits per heavy atom. The van der Waals surface area contributed by atoms with Crippen LogP contribution in [0.2, 0.25) is 0 Å². The van der Waals surface area contributed by atoms with Crippen LogP contribution < -0.4 is 0 Å². The summed E-state index contributed by atoms with van der Waals surface area (Å²) in [4.78, 5) is 4.74. The van der Waals surface area contributed by atoms with Gasteiger partial charge in [0.2, 0.25) is 11.9 Å². The highest BCUT2D eigenvalue weighted by molar-refractivity contribution is 6.09. The molecule has 9 rings (SSSR count). The summed E-state index contributed by atoms with van der Waals surface area (Å²) in [7, 11) is 2.00. The molecule has 0 N–H and O–H groups in total. The van der Waals surface area contributed by atoms with Crippen molar-refractivity contribution in [3.63, 3.8) is 0 Å². The molecule has 0 unspecified atom stereocenters. The number of para-hydroxylation sites is 1. The zero-order chi connectivity index (χ0) is 29.3. The Hall–Kier alpha value is -5.83. The summed E-state index contributed by atoms with van der Waals surface area (Å²) >= 11 is 0. The maximum atomic E-state index is 4.74. The minimum Gasteiger partial charge on any atom is -0.294 e. The van der Waals surface area contributed by atoms with Crippen LogP contribution in [0.25, 0.3) is 38.8 Å². The van der Waals surface area contributed by atoms with Gasteiger partial charge in [0.05, 0.1) is 16.4 Å². The minimum atomic E-state index is -0.513. The number of nitrogens with zero attached hydrogens (tertiary/aromatic N) is 4. The van der Waals surface area contributed by atoms with Gasteiger partial charge in [0.25, 0.3) is 6.20 Å². The highest BCUT2D eigenvalue weighted by atomic mass is 15.1. The molecule has 0 radical (unpaired) electrons. The molecule has 2 aliphatic rings. The van der Waals surface area contributed by atoms with E-state index in [4.69, 9.17) is 4.98 Å². The smallest absolute Gasteiger partial charge is 0.294 e. The normalized spacial score (nSPS) is 14.5. The number of benzene rings is 5. The van der Waals surface area contributed by atoms with Gasteiger partial charge in [0.1, 0.15) is 5.82 Å². The number of pyridine rings is 1. The summed E-state index contributed by atoms with van der Waals surface area (Å²) in [6.45, 7) is 0. The van der Waals surface area contributed by atoms with Crippen molar-refractivity contribution in [2.75, 3.05) is 7.05 Å². The minimum absolute atomic E-state index is 0.513. The van der Waals surface area contributed by atoms with E-state index < -0.39 is 5.41 Å². The first-order valence-electron chi connectivity index (χ1n) is 15.0. The SMILES string of the molecule is C[N+]1=C=[N+](c2cccc(C3(c4ccc5c(c4)c4ccccc4n5-c4ccccn4)c4ccccc4-c4ccccc43)c2)C=C1. The first-order chi connectivity index (χ1) is 21.7. The highest BCUT2D eigenvalue weighted by Gasteiger charge is 2.46. The molecule has 0 amide bonds. The molecular weight excluding hydrogens is 536 g/mol. The van der Waals surface area contributed by atoms with Crippen LogP contribution in [0.15, 0.2) is 152 Å². The summed E-state index contributed by atoms with van der Waals surface area (Å²) in [5, 5.41) is 2.43. The van der Waals surface area contributed by atoms with Gasteiger partial charge in [-0.25, -0.2) is 4.98 Å². The summed E-state index contributed by atoms with van der Waals surface area (Å²) in [6, 6.07) is 51.9. The van der Waals surface area contributed by atoms with Crippen molar-refractivity contribution < 1.29 is 9.15 Å². The van der Waals surface area contributed by atoms with Crippen molar-refractivity contribution in [1.82, 2.24) is 9.55 Å². The van der Waals surface area contributed by atoms with Crippen LogP contribution in [-0.4, -0.2) is 31.8 Å². The Kier molecular flexibility index (Phi) is 5.25. The molecule has 0 atom stereocenters. The molecule has 2 aromatic heterocycles. The number of hydrogen-bond acceptors (Lipinski definition) is 1. The van der Waals surface area contributed by atoms with Crippen molar-refractivity contribution in [3.8, 4) is 16.9 Å². The van der Waals surface area contributed by atoms with Gasteiger partial charge in [0, 0.05) is 29.1 Å². The van der Waals surface area contributed by atoms with Crippen LogP contribution in [0.1, 0.15) is 22.3 Å². The lowest BCUT2D eigenvalue weighted by molar-refractivity contribution is -0.429. The third-order valence-electron chi connectivity index (χ3n) is 9.20. The third kappa shape index (κ3) is 3.37. The predicted molar refractivity (Wildman–Crippen MR) is 176 cm³/mol. The molecule has 3 heterocycles. The molecule has 0 fully saturated rings. The summed E-state index contributed by atoms with van der Waals surface area (Å²) in [5.41, 5.74) is 10.5. The molecule has 4 nitrogen and oxygen atoms in total. The molecule has 44 heavy (non-hydrogen) atoms. The number of aromatic nitrogens is 2. The molecular formula is C40H28N4+2. The first kappa shape index (κ1) is 24.7. The maximum Gasteiger partial charge on any atom is 0.495 e. The van der Waals surface area contributed by atoms with Crippen LogP contribution in [0, 0.1) is 0 Å². The van der Waals surface area contributed by atoms with E-state index >= 15 is 0 Å². The second kappa shape index (κ2) is 9.34. The Bertz CT molecular complexity index is 2340. The Morgan fingerprint density at radius 2 is 1.32 bits per heavy atom. The molecule has 1 aliphatic carbocycles. The number of hydrogen-bond donors (Lipinski definition) is 0. The third-order valence-corrected chi connectivity index (χ3v) is 9.20. The summed E-state index contributed by atoms with van der Waals surface area (Å²) in [5.74, 6) is 0.918. The van der Waals surface area contributed by atoms with Crippen LogP contribution in [0.4, 0.5) is 5.69 Å². The van der Waals surface area contributed by atoms with Gasteiger partial charge in [-0.15, -0.1) is 0 Å². The van der Waals surface area contributed by atoms with E-state index in [1.165, 1.54) is 44.2 Å². The van der Waals surface area contributed by atoms with Gasteiger partial charge in [0.15, 0.2) is 7.05 Å². The summed E-state index contributed by atoms with van der Waals surface area (Å²) in [6.07, 6.45) is 5.94. The zero-order valence-corrected chi connectivity index (χ0v) is 24.2. The Labute approximate surface area is 255 Å². The summed E-state index contributed by atoms with van der Waals surface area (Å²) < 4.78 is 6.29. The van der Waals surface area contributed by atoms with E-state index in [9.17, 15) is 0 Å². The highest BCUT2D eigenvalue weighted by Crippen LogP contribution is 2.56. The molecule has 7 aromatic rings. The van der Waals surface area contributed by atoms with Crippen molar-refractivity contribution in [2.24, 2.45) is 0 Å². The van der Waals surface area contributed by atoms with Crippen molar-refractivity contribution in [1.29, 1.82) is 0 Å². The molecule has 5 aromatic carbocycles. The fraction of sp³-hybridized carbons (Fsp3) is 0.0500. The van der Waals surface area contributed by atoms with E-state index in [0.717, 1.165) is 22.5 Å². The largest absolute Gasteiger partial charge is 0.495 e. The fourth-order valence-corrected chi connectivity index (χ4v) is 7.40.